The molecule has 2 aliphatic rings. The average Bonchev–Trinajstić information content (AvgIpc) is 2.74. The summed E-state index contributed by atoms with van der Waals surface area (Å²) in [5, 5.41) is 3.61. The molecule has 3 unspecified atom stereocenters. The fourth-order valence-corrected chi connectivity index (χ4v) is 3.03. The molecule has 4 nitrogen and oxygen atoms in total. The first-order valence-corrected chi connectivity index (χ1v) is 5.65. The molecule has 0 radical (unpaired) electrons. The molecule has 3 heterocycles. The first-order chi connectivity index (χ1) is 7.22. The molecule has 0 bridgehead atoms. The Morgan fingerprint density at radius 3 is 3.13 bits per heavy atom. The zero-order valence-electron chi connectivity index (χ0n) is 9.21. The third-order valence-electron chi connectivity index (χ3n) is 3.70. The summed E-state index contributed by atoms with van der Waals surface area (Å²) in [5.74, 6) is 0. The van der Waals surface area contributed by atoms with Crippen LogP contribution >= 0.6 is 0 Å². The van der Waals surface area contributed by atoms with Gasteiger partial charge in [0.25, 0.3) is 0 Å². The third kappa shape index (κ3) is 1.18. The second kappa shape index (κ2) is 3.06. The first kappa shape index (κ1) is 9.36. The van der Waals surface area contributed by atoms with Gasteiger partial charge in [-0.1, -0.05) is 0 Å². The molecule has 3 atom stereocenters. The Morgan fingerprint density at radius 1 is 1.53 bits per heavy atom. The molecule has 1 aromatic rings. The molecule has 1 saturated heterocycles. The van der Waals surface area contributed by atoms with Gasteiger partial charge in [-0.25, -0.2) is 4.98 Å². The highest BCUT2D eigenvalue weighted by Gasteiger charge is 2.49. The van der Waals surface area contributed by atoms with Crippen LogP contribution in [0.5, 0.6) is 0 Å². The van der Waals surface area contributed by atoms with Crippen molar-refractivity contribution in [2.24, 2.45) is 0 Å². The fourth-order valence-electron chi connectivity index (χ4n) is 3.03. The van der Waals surface area contributed by atoms with E-state index in [0.717, 1.165) is 19.4 Å². The maximum Gasteiger partial charge on any atom is 0.0926 e. The van der Waals surface area contributed by atoms with Gasteiger partial charge in [-0.3, -0.25) is 0 Å². The van der Waals surface area contributed by atoms with Crippen molar-refractivity contribution in [1.82, 2.24) is 15.3 Å². The Balaban J connectivity index is 2.07. The summed E-state index contributed by atoms with van der Waals surface area (Å²) in [4.78, 5) is 7.72. The van der Waals surface area contributed by atoms with Crippen LogP contribution in [0, 0.1) is 0 Å². The van der Waals surface area contributed by atoms with Crippen LogP contribution in [0.25, 0.3) is 0 Å². The number of ether oxygens (including phenoxy) is 1. The van der Waals surface area contributed by atoms with Crippen molar-refractivity contribution >= 4 is 0 Å². The van der Waals surface area contributed by atoms with E-state index in [9.17, 15) is 0 Å². The minimum atomic E-state index is -0.0486. The molecule has 0 aromatic carbocycles. The molecule has 0 saturated carbocycles. The molecule has 0 amide bonds. The lowest BCUT2D eigenvalue weighted by Crippen LogP contribution is -2.52. The van der Waals surface area contributed by atoms with Crippen LogP contribution in [-0.2, 0) is 16.7 Å². The Morgan fingerprint density at radius 2 is 2.40 bits per heavy atom. The lowest BCUT2D eigenvalue weighted by Gasteiger charge is -2.36. The van der Waals surface area contributed by atoms with Gasteiger partial charge in [0.05, 0.1) is 29.8 Å². The number of fused-ring (bicyclic) bond motifs is 2. The van der Waals surface area contributed by atoms with Gasteiger partial charge in [-0.15, -0.1) is 0 Å². The van der Waals surface area contributed by atoms with Crippen molar-refractivity contribution in [3.63, 3.8) is 0 Å². The van der Waals surface area contributed by atoms with Crippen LogP contribution in [0.4, 0.5) is 0 Å². The van der Waals surface area contributed by atoms with E-state index in [0.29, 0.717) is 6.10 Å². The molecule has 82 valence electrons. The smallest absolute Gasteiger partial charge is 0.0926 e. The summed E-state index contributed by atoms with van der Waals surface area (Å²) < 4.78 is 5.86. The minimum absolute atomic E-state index is 0.0486. The van der Waals surface area contributed by atoms with Crippen molar-refractivity contribution in [2.75, 3.05) is 6.54 Å². The number of imidazole rings is 1. The molecular weight excluding hydrogens is 190 g/mol. The summed E-state index contributed by atoms with van der Waals surface area (Å²) in [5.41, 5.74) is 2.40. The van der Waals surface area contributed by atoms with Crippen LogP contribution in [0.2, 0.25) is 0 Å². The highest BCUT2D eigenvalue weighted by molar-refractivity contribution is 5.28. The highest BCUT2D eigenvalue weighted by atomic mass is 16.5. The molecule has 2 aliphatic heterocycles. The number of nitrogens with one attached hydrogen (secondary N) is 2. The van der Waals surface area contributed by atoms with E-state index >= 15 is 0 Å². The maximum atomic E-state index is 5.86. The van der Waals surface area contributed by atoms with Crippen molar-refractivity contribution in [3.8, 4) is 0 Å². The van der Waals surface area contributed by atoms with E-state index in [2.05, 4.69) is 29.1 Å². The van der Waals surface area contributed by atoms with E-state index in [1.54, 1.807) is 6.33 Å². The number of nitrogens with zero attached hydrogens (tertiary/aromatic N) is 1. The van der Waals surface area contributed by atoms with Gasteiger partial charge in [0.15, 0.2) is 0 Å². The van der Waals surface area contributed by atoms with Gasteiger partial charge in [-0.2, -0.15) is 0 Å². The van der Waals surface area contributed by atoms with E-state index in [1.807, 2.05) is 0 Å². The quantitative estimate of drug-likeness (QED) is 0.666. The zero-order valence-corrected chi connectivity index (χ0v) is 9.21. The normalized spacial score (nSPS) is 39.6. The van der Waals surface area contributed by atoms with E-state index < -0.39 is 0 Å². The maximum absolute atomic E-state index is 5.86. The van der Waals surface area contributed by atoms with Gasteiger partial charge in [0.1, 0.15) is 0 Å². The third-order valence-corrected chi connectivity index (χ3v) is 3.70. The second-order valence-corrected chi connectivity index (χ2v) is 4.67. The fraction of sp³-hybridized carbons (Fsp3) is 0.727. The molecule has 3 rings (SSSR count). The summed E-state index contributed by atoms with van der Waals surface area (Å²) in [6.07, 6.45) is 4.38. The lowest BCUT2D eigenvalue weighted by atomic mass is 9.83. The van der Waals surface area contributed by atoms with E-state index in [1.165, 1.54) is 11.4 Å². The van der Waals surface area contributed by atoms with E-state index in [-0.39, 0.29) is 11.6 Å². The second-order valence-electron chi connectivity index (χ2n) is 4.67. The number of aromatic amines is 1. The predicted octanol–water partition coefficient (Wildman–Crippen LogP) is 0.948. The molecule has 0 aliphatic carbocycles. The van der Waals surface area contributed by atoms with Crippen molar-refractivity contribution in [2.45, 2.75) is 44.4 Å². The van der Waals surface area contributed by atoms with Crippen LogP contribution < -0.4 is 5.32 Å². The number of aromatic nitrogens is 2. The largest absolute Gasteiger partial charge is 0.373 e. The van der Waals surface area contributed by atoms with Crippen LogP contribution in [-0.4, -0.2) is 28.7 Å². The number of rotatable bonds is 0. The van der Waals surface area contributed by atoms with Crippen molar-refractivity contribution < 1.29 is 4.74 Å². The highest BCUT2D eigenvalue weighted by Crippen LogP contribution is 2.41. The van der Waals surface area contributed by atoms with Gasteiger partial charge >= 0.3 is 0 Å². The Labute approximate surface area is 89.4 Å². The number of hydrogen-bond donors (Lipinski definition) is 2. The summed E-state index contributed by atoms with van der Waals surface area (Å²) in [7, 11) is 0. The molecule has 2 N–H and O–H groups in total. The minimum Gasteiger partial charge on any atom is -0.373 e. The predicted molar refractivity (Wildman–Crippen MR) is 56.6 cm³/mol. The molecule has 1 aromatic heterocycles. The topological polar surface area (TPSA) is 49.9 Å². The molecule has 4 heteroatoms. The Bertz CT molecular complexity index is 376. The van der Waals surface area contributed by atoms with Crippen LogP contribution in [0.15, 0.2) is 6.33 Å². The monoisotopic (exact) mass is 207 g/mol. The summed E-state index contributed by atoms with van der Waals surface area (Å²) >= 11 is 0. The average molecular weight is 207 g/mol. The Hall–Kier alpha value is -0.870. The molecule has 1 spiro atoms. The van der Waals surface area contributed by atoms with Crippen LogP contribution in [0.3, 0.4) is 0 Å². The van der Waals surface area contributed by atoms with Gasteiger partial charge in [0.2, 0.25) is 0 Å². The number of H-pyrrole nitrogens is 1. The molecule has 15 heavy (non-hydrogen) atoms. The van der Waals surface area contributed by atoms with E-state index in [4.69, 9.17) is 4.74 Å². The Kier molecular flexibility index (Phi) is 1.91. The first-order valence-electron chi connectivity index (χ1n) is 5.65. The standard InChI is InChI=1S/C11H17N3O/c1-7-5-11(8(2)15-7)10-9(3-4-14-11)12-6-13-10/h6-8,14H,3-5H2,1-2H3,(H,12,13). The van der Waals surface area contributed by atoms with Crippen molar-refractivity contribution in [3.05, 3.63) is 17.7 Å². The van der Waals surface area contributed by atoms with Crippen LogP contribution in [0.1, 0.15) is 31.7 Å². The summed E-state index contributed by atoms with van der Waals surface area (Å²) in [6.45, 7) is 5.28. The molecule has 1 fully saturated rings. The SMILES string of the molecule is CC1CC2(NCCc3[nH]cnc32)C(C)O1. The van der Waals surface area contributed by atoms with Gasteiger partial charge < -0.3 is 15.0 Å². The van der Waals surface area contributed by atoms with Gasteiger partial charge in [-0.05, 0) is 20.3 Å². The molecular formula is C11H17N3O. The van der Waals surface area contributed by atoms with Gasteiger partial charge in [0, 0.05) is 18.7 Å². The zero-order chi connectivity index (χ0) is 10.5. The number of hydrogen-bond acceptors (Lipinski definition) is 3. The van der Waals surface area contributed by atoms with Crippen molar-refractivity contribution in [1.29, 1.82) is 0 Å². The summed E-state index contributed by atoms with van der Waals surface area (Å²) in [6, 6.07) is 0. The lowest BCUT2D eigenvalue weighted by molar-refractivity contribution is 0.0404.